The first-order chi connectivity index (χ1) is 22.7. The summed E-state index contributed by atoms with van der Waals surface area (Å²) < 4.78 is 33.7. The van der Waals surface area contributed by atoms with Crippen LogP contribution in [-0.2, 0) is 31.9 Å². The molecule has 8 rings (SSSR count). The van der Waals surface area contributed by atoms with Crippen LogP contribution in [0, 0.1) is 30.6 Å². The van der Waals surface area contributed by atoms with Crippen molar-refractivity contribution in [2.75, 3.05) is 11.9 Å². The first-order valence-electron chi connectivity index (χ1n) is 17.4. The molecule has 0 spiro atoms. The molecule has 6 heteroatoms. The van der Waals surface area contributed by atoms with Gasteiger partial charge in [-0.3, -0.25) is 0 Å². The van der Waals surface area contributed by atoms with Crippen molar-refractivity contribution in [2.24, 2.45) is 11.8 Å². The van der Waals surface area contributed by atoms with Crippen molar-refractivity contribution in [3.63, 3.8) is 0 Å². The smallest absolute Gasteiger partial charge is 0.135 e. The van der Waals surface area contributed by atoms with Crippen molar-refractivity contribution in [1.82, 2.24) is 14.5 Å². The number of rotatable bonds is 4. The standard InChI is InChI=1S/C40H41N4O.Pt/c1-39(2,3)27-16-17-41-36(21-27)44-34-11-9-8-10-32(34)33-15-14-30(23-35(33)44)45-31-20-28(40(4,5)6)19-29(22-31)43-24-42(7)37-25-12-13-26(18-25)38(37)43;/h8-17,19-21,24-26,37-38H,18H2,1-7H3;/q-3;/t25?,26-,37?,38+;/m1./s1/i7D3;. The number of anilines is 1. The molecule has 1 saturated carbocycles. The second-order valence-corrected chi connectivity index (χ2v) is 14.9. The molecule has 2 bridgehead atoms. The van der Waals surface area contributed by atoms with Crippen LogP contribution in [-0.4, -0.2) is 33.5 Å². The van der Waals surface area contributed by atoms with Crippen LogP contribution in [0.3, 0.4) is 0 Å². The predicted octanol–water partition coefficient (Wildman–Crippen LogP) is 8.98. The van der Waals surface area contributed by atoms with Gasteiger partial charge >= 0.3 is 0 Å². The van der Waals surface area contributed by atoms with Crippen LogP contribution in [0.15, 0.2) is 79.0 Å². The Morgan fingerprint density at radius 3 is 2.37 bits per heavy atom. The minimum absolute atomic E-state index is 0. The number of benzene rings is 3. The van der Waals surface area contributed by atoms with E-state index in [0.29, 0.717) is 17.4 Å². The number of hydrogen-bond donors (Lipinski definition) is 0. The van der Waals surface area contributed by atoms with Gasteiger partial charge in [-0.1, -0.05) is 77.4 Å². The number of hydrogen-bond acceptors (Lipinski definition) is 4. The van der Waals surface area contributed by atoms with Crippen molar-refractivity contribution in [1.29, 1.82) is 0 Å². The minimum Gasteiger partial charge on any atom is -0.525 e. The minimum atomic E-state index is -2.22. The van der Waals surface area contributed by atoms with Crippen molar-refractivity contribution < 1.29 is 29.9 Å². The van der Waals surface area contributed by atoms with E-state index in [1.165, 1.54) is 5.56 Å². The Morgan fingerprint density at radius 2 is 1.61 bits per heavy atom. The fourth-order valence-electron chi connectivity index (χ4n) is 7.48. The van der Waals surface area contributed by atoms with Gasteiger partial charge in [0.15, 0.2) is 0 Å². The van der Waals surface area contributed by atoms with Gasteiger partial charge in [0, 0.05) is 60.5 Å². The fraction of sp³-hybridized carbons (Fsp3) is 0.350. The molecule has 3 aromatic carbocycles. The van der Waals surface area contributed by atoms with E-state index in [0.717, 1.165) is 45.3 Å². The Kier molecular flexibility index (Phi) is 6.68. The fourth-order valence-corrected chi connectivity index (χ4v) is 7.48. The predicted molar refractivity (Wildman–Crippen MR) is 183 cm³/mol. The normalized spacial score (nSPS) is 23.8. The molecular weight excluding hydrogens is 748 g/mol. The van der Waals surface area contributed by atoms with Gasteiger partial charge in [0.1, 0.15) is 5.82 Å². The zero-order valence-electron chi connectivity index (χ0n) is 30.1. The van der Waals surface area contributed by atoms with Gasteiger partial charge in [-0.25, -0.2) is 4.98 Å². The Labute approximate surface area is 291 Å². The molecule has 2 aliphatic carbocycles. The zero-order chi connectivity index (χ0) is 33.7. The van der Waals surface area contributed by atoms with Gasteiger partial charge in [0.05, 0.1) is 0 Å². The van der Waals surface area contributed by atoms with Crippen LogP contribution in [0.2, 0.25) is 0 Å². The summed E-state index contributed by atoms with van der Waals surface area (Å²) in [6.45, 7) is 12.7. The molecule has 240 valence electrons. The summed E-state index contributed by atoms with van der Waals surface area (Å²) in [5.41, 5.74) is 4.85. The van der Waals surface area contributed by atoms with Crippen LogP contribution in [0.25, 0.3) is 27.6 Å². The summed E-state index contributed by atoms with van der Waals surface area (Å²) in [5.74, 6) is 2.50. The third-order valence-electron chi connectivity index (χ3n) is 9.86. The maximum absolute atomic E-state index is 8.30. The molecule has 0 radical (unpaired) electrons. The van der Waals surface area contributed by atoms with Crippen molar-refractivity contribution in [2.45, 2.75) is 70.9 Å². The third-order valence-corrected chi connectivity index (χ3v) is 9.86. The van der Waals surface area contributed by atoms with Gasteiger partial charge in [0.2, 0.25) is 0 Å². The molecular formula is C40H41N4OPt-3. The van der Waals surface area contributed by atoms with E-state index in [4.69, 9.17) is 13.8 Å². The Morgan fingerprint density at radius 1 is 0.848 bits per heavy atom. The molecule has 3 heterocycles. The van der Waals surface area contributed by atoms with Crippen LogP contribution >= 0.6 is 0 Å². The molecule has 46 heavy (non-hydrogen) atoms. The van der Waals surface area contributed by atoms with Crippen LogP contribution < -0.4 is 9.64 Å². The summed E-state index contributed by atoms with van der Waals surface area (Å²) in [6.07, 6.45) is 7.32. The van der Waals surface area contributed by atoms with Crippen molar-refractivity contribution in [3.05, 3.63) is 109 Å². The van der Waals surface area contributed by atoms with Gasteiger partial charge in [-0.05, 0) is 65.2 Å². The van der Waals surface area contributed by atoms with Crippen LogP contribution in [0.1, 0.15) is 63.2 Å². The molecule has 5 nitrogen and oxygen atoms in total. The largest absolute Gasteiger partial charge is 0.525 e. The average Bonchev–Trinajstić information content (AvgIpc) is 3.80. The molecule has 4 atom stereocenters. The zero-order valence-corrected chi connectivity index (χ0v) is 29.4. The Balaban J connectivity index is 0.00000378. The maximum Gasteiger partial charge on any atom is 0.135 e. The molecule has 2 fully saturated rings. The van der Waals surface area contributed by atoms with E-state index in [2.05, 4.69) is 124 Å². The monoisotopic (exact) mass is 791 g/mol. The number of para-hydroxylation sites is 1. The van der Waals surface area contributed by atoms with Crippen LogP contribution in [0.5, 0.6) is 11.5 Å². The molecule has 1 aliphatic heterocycles. The number of fused-ring (bicyclic) bond motifs is 8. The summed E-state index contributed by atoms with van der Waals surface area (Å²) >= 11 is 0. The molecule has 0 N–H and O–H groups in total. The van der Waals surface area contributed by atoms with Crippen LogP contribution in [0.4, 0.5) is 5.69 Å². The Bertz CT molecular complexity index is 2090. The maximum atomic E-state index is 8.30. The second-order valence-electron chi connectivity index (χ2n) is 14.9. The Hall–Kier alpha value is -3.40. The van der Waals surface area contributed by atoms with E-state index in [1.54, 1.807) is 11.6 Å². The summed E-state index contributed by atoms with van der Waals surface area (Å²) in [7, 11) is 0. The summed E-state index contributed by atoms with van der Waals surface area (Å²) in [5, 5.41) is 2.19. The van der Waals surface area contributed by atoms with Gasteiger partial charge < -0.3 is 19.1 Å². The molecule has 5 aromatic rings. The van der Waals surface area contributed by atoms with Gasteiger partial charge in [-0.15, -0.1) is 47.0 Å². The van der Waals surface area contributed by atoms with Gasteiger partial charge in [-0.2, -0.15) is 12.7 Å². The molecule has 0 amide bonds. The first-order valence-corrected chi connectivity index (χ1v) is 15.9. The number of ether oxygens (including phenoxy) is 1. The van der Waals surface area contributed by atoms with E-state index >= 15 is 0 Å². The van der Waals surface area contributed by atoms with Crippen molar-refractivity contribution >= 4 is 27.5 Å². The van der Waals surface area contributed by atoms with E-state index in [1.807, 2.05) is 18.3 Å². The second kappa shape index (κ2) is 11.1. The number of nitrogens with zero attached hydrogens (tertiary/aromatic N) is 4. The van der Waals surface area contributed by atoms with E-state index in [-0.39, 0.29) is 49.9 Å². The quantitative estimate of drug-likeness (QED) is 0.135. The van der Waals surface area contributed by atoms with E-state index in [9.17, 15) is 0 Å². The third kappa shape index (κ3) is 5.11. The number of aromatic nitrogens is 2. The molecule has 2 unspecified atom stereocenters. The molecule has 1 saturated heterocycles. The number of likely N-dealkylation sites (N-methyl/N-ethyl adjacent to an activating group) is 1. The summed E-state index contributed by atoms with van der Waals surface area (Å²) in [4.78, 5) is 8.53. The molecule has 3 aliphatic rings. The average molecular weight is 792 g/mol. The van der Waals surface area contributed by atoms with Crippen molar-refractivity contribution in [3.8, 4) is 17.3 Å². The first kappa shape index (κ1) is 27.7. The number of pyridine rings is 1. The summed E-state index contributed by atoms with van der Waals surface area (Å²) in [6, 6.07) is 27.9. The molecule has 2 aromatic heterocycles. The topological polar surface area (TPSA) is 33.5 Å². The van der Waals surface area contributed by atoms with E-state index < -0.39 is 6.98 Å². The van der Waals surface area contributed by atoms with Gasteiger partial charge in [0.25, 0.3) is 0 Å². The SMILES string of the molecule is [2H]C([2H])([2H])N1[CH-]N(c2[c-]c(Oc3[c-]c4c(cc3)c3ccccc3n4-c3cc(C(C)(C)C)ccn3)cc(C(C)(C)C)c2)[C@@H]2C1C1C=C[C@@H]2C1.[Pt].